The third-order valence-electron chi connectivity index (χ3n) is 8.64. The number of carbonyl (C=O) groups is 1. The molecule has 13 heteroatoms. The fraction of sp³-hybridized carbons (Fsp3) is 0.412. The molecule has 1 aliphatic heterocycles. The van der Waals surface area contributed by atoms with Crippen molar-refractivity contribution in [3.05, 3.63) is 84.1 Å². The van der Waals surface area contributed by atoms with Gasteiger partial charge in [-0.1, -0.05) is 30.3 Å². The maximum absolute atomic E-state index is 13.8. The molecule has 0 spiro atoms. The van der Waals surface area contributed by atoms with Gasteiger partial charge in [-0.15, -0.1) is 0 Å². The summed E-state index contributed by atoms with van der Waals surface area (Å²) in [5, 5.41) is 3.26. The van der Waals surface area contributed by atoms with Crippen LogP contribution in [-0.2, 0) is 28.5 Å². The first-order chi connectivity index (χ1) is 22.8. The van der Waals surface area contributed by atoms with E-state index in [9.17, 15) is 18.0 Å². The van der Waals surface area contributed by atoms with Gasteiger partial charge in [0.15, 0.2) is 0 Å². The normalized spacial score (nSPS) is 18.3. The highest BCUT2D eigenvalue weighted by Crippen LogP contribution is 2.34. The molecular weight excluding hydrogens is 611 g/mol. The molecule has 1 aromatic carbocycles. The SMILES string of the molecule is COc1ncc(-c2ccc(N(C(=O)CCc3ccccc3)C3CCC(Nc4ncc(C(F)(F)F)c(CC5COC5)n4)CC3)nc2)cn1. The number of carbonyl (C=O) groups excluding carboxylic acids is 1. The van der Waals surface area contributed by atoms with Gasteiger partial charge in [-0.05, 0) is 56.2 Å². The summed E-state index contributed by atoms with van der Waals surface area (Å²) in [6.45, 7) is 0.865. The molecule has 0 atom stereocenters. The average molecular weight is 648 g/mol. The van der Waals surface area contributed by atoms with Crippen molar-refractivity contribution in [1.82, 2.24) is 24.9 Å². The first-order valence-corrected chi connectivity index (χ1v) is 15.7. The van der Waals surface area contributed by atoms with Gasteiger partial charge in [0, 0.05) is 60.3 Å². The van der Waals surface area contributed by atoms with E-state index in [1.165, 1.54) is 7.11 Å². The van der Waals surface area contributed by atoms with Crippen LogP contribution in [0.2, 0.25) is 0 Å². The van der Waals surface area contributed by atoms with Crippen molar-refractivity contribution < 1.29 is 27.4 Å². The van der Waals surface area contributed by atoms with Gasteiger partial charge >= 0.3 is 12.2 Å². The summed E-state index contributed by atoms with van der Waals surface area (Å²) in [6, 6.07) is 13.7. The maximum Gasteiger partial charge on any atom is 0.419 e. The van der Waals surface area contributed by atoms with Gasteiger partial charge in [-0.3, -0.25) is 9.69 Å². The Balaban J connectivity index is 1.15. The Kier molecular flexibility index (Phi) is 9.90. The molecule has 4 heterocycles. The first kappa shape index (κ1) is 32.3. The number of alkyl halides is 3. The molecule has 47 heavy (non-hydrogen) atoms. The molecule has 10 nitrogen and oxygen atoms in total. The van der Waals surface area contributed by atoms with E-state index < -0.39 is 11.7 Å². The van der Waals surface area contributed by atoms with Crippen LogP contribution in [0.4, 0.5) is 24.9 Å². The zero-order valence-electron chi connectivity index (χ0n) is 26.0. The fourth-order valence-electron chi connectivity index (χ4n) is 6.02. The van der Waals surface area contributed by atoms with Gasteiger partial charge in [0.2, 0.25) is 11.9 Å². The topological polar surface area (TPSA) is 115 Å². The number of hydrogen-bond donors (Lipinski definition) is 1. The number of aryl methyl sites for hydroxylation is 1. The van der Waals surface area contributed by atoms with E-state index in [-0.39, 0.29) is 48.0 Å². The summed E-state index contributed by atoms with van der Waals surface area (Å²) in [4.78, 5) is 36.9. The molecule has 0 bridgehead atoms. The van der Waals surface area contributed by atoms with Crippen LogP contribution in [0.15, 0.2) is 67.3 Å². The van der Waals surface area contributed by atoms with Crippen molar-refractivity contribution in [2.75, 3.05) is 30.5 Å². The fourth-order valence-corrected chi connectivity index (χ4v) is 6.02. The highest BCUT2D eigenvalue weighted by atomic mass is 19.4. The minimum absolute atomic E-state index is 0.0112. The van der Waals surface area contributed by atoms with Crippen LogP contribution in [0, 0.1) is 5.92 Å². The molecular formula is C34H36F3N7O3. The zero-order valence-corrected chi connectivity index (χ0v) is 26.0. The number of aromatic nitrogens is 5. The second-order valence-electron chi connectivity index (χ2n) is 11.9. The van der Waals surface area contributed by atoms with Crippen molar-refractivity contribution in [3.8, 4) is 17.1 Å². The second-order valence-corrected chi connectivity index (χ2v) is 11.9. The Hall–Kier alpha value is -4.65. The summed E-state index contributed by atoms with van der Waals surface area (Å²) >= 11 is 0. The van der Waals surface area contributed by atoms with Crippen molar-refractivity contribution >= 4 is 17.7 Å². The number of ether oxygens (including phenoxy) is 2. The number of hydrogen-bond acceptors (Lipinski definition) is 9. The molecule has 6 rings (SSSR count). The lowest BCUT2D eigenvalue weighted by Gasteiger charge is -2.36. The molecule has 1 amide bonds. The number of nitrogens with one attached hydrogen (secondary N) is 1. The predicted molar refractivity (Wildman–Crippen MR) is 169 cm³/mol. The van der Waals surface area contributed by atoms with E-state index in [2.05, 4.69) is 25.3 Å². The number of amides is 1. The molecule has 1 N–H and O–H groups in total. The summed E-state index contributed by atoms with van der Waals surface area (Å²) in [5.74, 6) is 0.751. The van der Waals surface area contributed by atoms with Gasteiger partial charge < -0.3 is 14.8 Å². The highest BCUT2D eigenvalue weighted by molar-refractivity contribution is 5.93. The molecule has 0 unspecified atom stereocenters. The lowest BCUT2D eigenvalue weighted by atomic mass is 9.89. The van der Waals surface area contributed by atoms with Crippen LogP contribution in [0.1, 0.15) is 48.9 Å². The van der Waals surface area contributed by atoms with Crippen LogP contribution in [0.3, 0.4) is 0 Å². The van der Waals surface area contributed by atoms with E-state index in [4.69, 9.17) is 14.5 Å². The zero-order chi connectivity index (χ0) is 32.8. The maximum atomic E-state index is 13.8. The average Bonchev–Trinajstić information content (AvgIpc) is 3.07. The van der Waals surface area contributed by atoms with Crippen LogP contribution in [0.25, 0.3) is 11.1 Å². The minimum Gasteiger partial charge on any atom is -0.467 e. The van der Waals surface area contributed by atoms with Crippen molar-refractivity contribution in [2.24, 2.45) is 5.92 Å². The summed E-state index contributed by atoms with van der Waals surface area (Å²) in [6.07, 6.45) is 5.22. The van der Waals surface area contributed by atoms with E-state index in [0.717, 1.165) is 22.9 Å². The number of halogens is 3. The molecule has 3 aromatic heterocycles. The lowest BCUT2D eigenvalue weighted by Crippen LogP contribution is -2.45. The third-order valence-corrected chi connectivity index (χ3v) is 8.64. The molecule has 1 saturated carbocycles. The third kappa shape index (κ3) is 8.02. The summed E-state index contributed by atoms with van der Waals surface area (Å²) in [5.41, 5.74) is 1.84. The van der Waals surface area contributed by atoms with Gasteiger partial charge in [0.25, 0.3) is 0 Å². The number of pyridine rings is 1. The second kappa shape index (κ2) is 14.4. The Labute approximate surface area is 270 Å². The van der Waals surface area contributed by atoms with E-state index in [1.807, 2.05) is 42.5 Å². The summed E-state index contributed by atoms with van der Waals surface area (Å²) in [7, 11) is 1.50. The largest absolute Gasteiger partial charge is 0.467 e. The Bertz CT molecular complexity index is 1630. The molecule has 0 radical (unpaired) electrons. The number of methoxy groups -OCH3 is 1. The van der Waals surface area contributed by atoms with Gasteiger partial charge in [0.1, 0.15) is 5.82 Å². The van der Waals surface area contributed by atoms with Crippen LogP contribution in [-0.4, -0.2) is 63.2 Å². The van der Waals surface area contributed by atoms with Gasteiger partial charge in [0.05, 0.1) is 31.6 Å². The molecule has 1 aliphatic carbocycles. The van der Waals surface area contributed by atoms with Crippen LogP contribution < -0.4 is 15.0 Å². The van der Waals surface area contributed by atoms with E-state index in [1.54, 1.807) is 23.5 Å². The van der Waals surface area contributed by atoms with E-state index in [0.29, 0.717) is 57.6 Å². The number of rotatable bonds is 11. The highest BCUT2D eigenvalue weighted by Gasteiger charge is 2.37. The molecule has 2 fully saturated rings. The van der Waals surface area contributed by atoms with E-state index >= 15 is 0 Å². The lowest BCUT2D eigenvalue weighted by molar-refractivity contribution is -0.139. The van der Waals surface area contributed by atoms with Crippen molar-refractivity contribution in [3.63, 3.8) is 0 Å². The smallest absolute Gasteiger partial charge is 0.419 e. The Morgan fingerprint density at radius 1 is 0.936 bits per heavy atom. The minimum atomic E-state index is -4.53. The number of nitrogens with zero attached hydrogens (tertiary/aromatic N) is 6. The Morgan fingerprint density at radius 3 is 2.28 bits per heavy atom. The van der Waals surface area contributed by atoms with Crippen molar-refractivity contribution in [2.45, 2.75) is 63.2 Å². The van der Waals surface area contributed by atoms with Crippen LogP contribution >= 0.6 is 0 Å². The van der Waals surface area contributed by atoms with Gasteiger partial charge in [-0.2, -0.15) is 13.2 Å². The monoisotopic (exact) mass is 647 g/mol. The molecule has 2 aliphatic rings. The summed E-state index contributed by atoms with van der Waals surface area (Å²) < 4.78 is 51.1. The molecule has 246 valence electrons. The standard InChI is InChI=1S/C34H36F3N7O3/c1-46-33-40-17-25(18-41-33)24-8-13-30(38-16-24)44(31(45)14-7-22-5-3-2-4-6-22)27-11-9-26(10-12-27)42-32-39-19-28(34(35,36)37)29(43-32)15-23-20-47-21-23/h2-6,8,13,16-19,23,26-27H,7,9-12,14-15,20-21H2,1H3,(H,39,42,43). The first-order valence-electron chi connectivity index (χ1n) is 15.7. The number of anilines is 2. The quantitative estimate of drug-likeness (QED) is 0.211. The number of benzene rings is 1. The molecule has 1 saturated heterocycles. The Morgan fingerprint density at radius 2 is 1.66 bits per heavy atom. The molecule has 4 aromatic rings. The predicted octanol–water partition coefficient (Wildman–Crippen LogP) is 5.93. The van der Waals surface area contributed by atoms with Gasteiger partial charge in [-0.25, -0.2) is 24.9 Å². The van der Waals surface area contributed by atoms with Crippen molar-refractivity contribution in [1.29, 1.82) is 0 Å². The van der Waals surface area contributed by atoms with Crippen LogP contribution in [0.5, 0.6) is 6.01 Å².